The quantitative estimate of drug-likeness (QED) is 0.859. The standard InChI is InChI=1S/C18H28N4O3/c1-18(2,3)25-17(24)22-10-9-13-14(11-22)20-21-15(13)19-16(23)12-7-5-4-6-8-12/h12H,4-11H2,1-3H3,(H2,19,20,21,23). The van der Waals surface area contributed by atoms with Crippen molar-refractivity contribution in [1.82, 2.24) is 15.1 Å². The summed E-state index contributed by atoms with van der Waals surface area (Å²) in [5.74, 6) is 0.793. The van der Waals surface area contributed by atoms with E-state index in [4.69, 9.17) is 4.74 Å². The second-order valence-corrected chi connectivity index (χ2v) is 8.01. The van der Waals surface area contributed by atoms with Crippen LogP contribution in [0.1, 0.15) is 64.1 Å². The van der Waals surface area contributed by atoms with E-state index in [2.05, 4.69) is 15.5 Å². The van der Waals surface area contributed by atoms with Crippen LogP contribution in [0, 0.1) is 5.92 Å². The van der Waals surface area contributed by atoms with Gasteiger partial charge in [-0.15, -0.1) is 0 Å². The van der Waals surface area contributed by atoms with Crippen molar-refractivity contribution in [2.75, 3.05) is 11.9 Å². The van der Waals surface area contributed by atoms with Gasteiger partial charge in [-0.3, -0.25) is 9.89 Å². The first kappa shape index (κ1) is 17.8. The number of anilines is 1. The molecule has 25 heavy (non-hydrogen) atoms. The van der Waals surface area contributed by atoms with Gasteiger partial charge in [0.1, 0.15) is 5.60 Å². The van der Waals surface area contributed by atoms with Gasteiger partial charge >= 0.3 is 6.09 Å². The summed E-state index contributed by atoms with van der Waals surface area (Å²) in [6, 6.07) is 0. The molecule has 1 aromatic rings. The molecule has 1 aromatic heterocycles. The minimum Gasteiger partial charge on any atom is -0.444 e. The lowest BCUT2D eigenvalue weighted by Gasteiger charge is -2.30. The van der Waals surface area contributed by atoms with Crippen LogP contribution in [-0.2, 0) is 22.5 Å². The molecule has 0 bridgehead atoms. The van der Waals surface area contributed by atoms with Crippen LogP contribution in [0.3, 0.4) is 0 Å². The van der Waals surface area contributed by atoms with Crippen molar-refractivity contribution in [2.24, 2.45) is 5.92 Å². The van der Waals surface area contributed by atoms with Gasteiger partial charge in [0.05, 0.1) is 12.2 Å². The van der Waals surface area contributed by atoms with Gasteiger partial charge in [-0.1, -0.05) is 19.3 Å². The number of H-pyrrole nitrogens is 1. The Morgan fingerprint density at radius 2 is 1.96 bits per heavy atom. The predicted octanol–water partition coefficient (Wildman–Crippen LogP) is 3.22. The molecule has 7 heteroatoms. The Labute approximate surface area is 148 Å². The molecule has 1 aliphatic carbocycles. The van der Waals surface area contributed by atoms with E-state index in [0.29, 0.717) is 25.3 Å². The fraction of sp³-hybridized carbons (Fsp3) is 0.722. The zero-order valence-corrected chi connectivity index (χ0v) is 15.4. The number of nitrogens with one attached hydrogen (secondary N) is 2. The van der Waals surface area contributed by atoms with Crippen LogP contribution in [-0.4, -0.2) is 39.2 Å². The van der Waals surface area contributed by atoms with Gasteiger partial charge < -0.3 is 15.0 Å². The maximum absolute atomic E-state index is 12.4. The smallest absolute Gasteiger partial charge is 0.410 e. The van der Waals surface area contributed by atoms with Crippen molar-refractivity contribution in [3.63, 3.8) is 0 Å². The Morgan fingerprint density at radius 3 is 2.64 bits per heavy atom. The second-order valence-electron chi connectivity index (χ2n) is 8.01. The van der Waals surface area contributed by atoms with Crippen molar-refractivity contribution >= 4 is 17.8 Å². The van der Waals surface area contributed by atoms with E-state index in [1.165, 1.54) is 6.42 Å². The summed E-state index contributed by atoms with van der Waals surface area (Å²) >= 11 is 0. The van der Waals surface area contributed by atoms with Crippen molar-refractivity contribution in [3.8, 4) is 0 Å². The van der Waals surface area contributed by atoms with Crippen LogP contribution in [0.4, 0.5) is 10.6 Å². The van der Waals surface area contributed by atoms with Crippen LogP contribution >= 0.6 is 0 Å². The van der Waals surface area contributed by atoms with Gasteiger partial charge in [-0.2, -0.15) is 5.10 Å². The average Bonchev–Trinajstić information content (AvgIpc) is 2.96. The molecule has 138 valence electrons. The van der Waals surface area contributed by atoms with E-state index in [1.54, 1.807) is 4.90 Å². The summed E-state index contributed by atoms with van der Waals surface area (Å²) in [5.41, 5.74) is 1.37. The third-order valence-corrected chi connectivity index (χ3v) is 4.80. The van der Waals surface area contributed by atoms with E-state index in [0.717, 1.165) is 36.9 Å². The van der Waals surface area contributed by atoms with Crippen LogP contribution in [0.15, 0.2) is 0 Å². The number of rotatable bonds is 2. The molecule has 2 amide bonds. The number of carbonyl (C=O) groups excluding carboxylic acids is 2. The second kappa shape index (κ2) is 7.06. The van der Waals surface area contributed by atoms with E-state index in [1.807, 2.05) is 20.8 Å². The number of hydrogen-bond donors (Lipinski definition) is 2. The van der Waals surface area contributed by atoms with E-state index < -0.39 is 5.60 Å². The Balaban J connectivity index is 1.62. The van der Waals surface area contributed by atoms with Gasteiger partial charge in [0, 0.05) is 18.0 Å². The fourth-order valence-corrected chi connectivity index (χ4v) is 3.49. The highest BCUT2D eigenvalue weighted by atomic mass is 16.6. The molecule has 1 saturated carbocycles. The first-order chi connectivity index (χ1) is 11.8. The maximum atomic E-state index is 12.4. The van der Waals surface area contributed by atoms with Crippen LogP contribution in [0.2, 0.25) is 0 Å². The molecule has 0 saturated heterocycles. The van der Waals surface area contributed by atoms with Crippen molar-refractivity contribution in [2.45, 2.75) is 71.4 Å². The summed E-state index contributed by atoms with van der Waals surface area (Å²) in [7, 11) is 0. The number of carbonyl (C=O) groups is 2. The molecular formula is C18H28N4O3. The highest BCUT2D eigenvalue weighted by molar-refractivity contribution is 5.92. The van der Waals surface area contributed by atoms with Crippen LogP contribution in [0.25, 0.3) is 0 Å². The minimum absolute atomic E-state index is 0.0728. The Kier molecular flexibility index (Phi) is 5.01. The minimum atomic E-state index is -0.509. The first-order valence-electron chi connectivity index (χ1n) is 9.18. The third kappa shape index (κ3) is 4.32. The van der Waals surface area contributed by atoms with Crippen molar-refractivity contribution < 1.29 is 14.3 Å². The first-order valence-corrected chi connectivity index (χ1v) is 9.18. The number of ether oxygens (including phenoxy) is 1. The van der Waals surface area contributed by atoms with Gasteiger partial charge in [0.15, 0.2) is 5.82 Å². The molecule has 0 unspecified atom stereocenters. The van der Waals surface area contributed by atoms with E-state index in [9.17, 15) is 9.59 Å². The summed E-state index contributed by atoms with van der Waals surface area (Å²) in [6.07, 6.45) is 5.74. The molecule has 0 radical (unpaired) electrons. The summed E-state index contributed by atoms with van der Waals surface area (Å²) in [4.78, 5) is 26.3. The number of hydrogen-bond acceptors (Lipinski definition) is 4. The van der Waals surface area contributed by atoms with Crippen molar-refractivity contribution in [1.29, 1.82) is 0 Å². The lowest BCUT2D eigenvalue weighted by molar-refractivity contribution is -0.120. The fourth-order valence-electron chi connectivity index (χ4n) is 3.49. The molecular weight excluding hydrogens is 320 g/mol. The molecule has 2 aliphatic rings. The molecule has 3 rings (SSSR count). The van der Waals surface area contributed by atoms with Gasteiger partial charge in [0.2, 0.25) is 5.91 Å². The predicted molar refractivity (Wildman–Crippen MR) is 94.1 cm³/mol. The number of aromatic amines is 1. The van der Waals surface area contributed by atoms with Crippen molar-refractivity contribution in [3.05, 3.63) is 11.3 Å². The van der Waals surface area contributed by atoms with Gasteiger partial charge in [0.25, 0.3) is 0 Å². The molecule has 2 heterocycles. The van der Waals surface area contributed by atoms with Crippen LogP contribution in [0.5, 0.6) is 0 Å². The highest BCUT2D eigenvalue weighted by Gasteiger charge is 2.29. The molecule has 7 nitrogen and oxygen atoms in total. The van der Waals surface area contributed by atoms with Crippen LogP contribution < -0.4 is 5.32 Å². The SMILES string of the molecule is CC(C)(C)OC(=O)N1CCc2c(NC(=O)C3CCCCC3)n[nH]c2C1. The maximum Gasteiger partial charge on any atom is 0.410 e. The number of nitrogens with zero attached hydrogens (tertiary/aromatic N) is 2. The summed E-state index contributed by atoms with van der Waals surface area (Å²) in [5, 5.41) is 10.2. The topological polar surface area (TPSA) is 87.3 Å². The lowest BCUT2D eigenvalue weighted by atomic mass is 9.88. The van der Waals surface area contributed by atoms with Gasteiger partial charge in [-0.05, 0) is 40.0 Å². The molecule has 1 aliphatic heterocycles. The highest BCUT2D eigenvalue weighted by Crippen LogP contribution is 2.28. The zero-order valence-electron chi connectivity index (χ0n) is 15.4. The molecule has 2 N–H and O–H groups in total. The number of fused-ring (bicyclic) bond motifs is 1. The Morgan fingerprint density at radius 1 is 1.24 bits per heavy atom. The Bertz CT molecular complexity index is 641. The normalized spacial score (nSPS) is 18.6. The molecule has 1 fully saturated rings. The Hall–Kier alpha value is -2.05. The monoisotopic (exact) mass is 348 g/mol. The lowest BCUT2D eigenvalue weighted by Crippen LogP contribution is -2.40. The number of aromatic nitrogens is 2. The van der Waals surface area contributed by atoms with E-state index >= 15 is 0 Å². The molecule has 0 atom stereocenters. The average molecular weight is 348 g/mol. The summed E-state index contributed by atoms with van der Waals surface area (Å²) < 4.78 is 5.43. The van der Waals surface area contributed by atoms with Gasteiger partial charge in [-0.25, -0.2) is 4.79 Å². The zero-order chi connectivity index (χ0) is 18.0. The largest absolute Gasteiger partial charge is 0.444 e. The van der Waals surface area contributed by atoms with E-state index in [-0.39, 0.29) is 17.9 Å². The molecule has 0 aromatic carbocycles. The molecule has 0 spiro atoms. The number of amides is 2. The third-order valence-electron chi connectivity index (χ3n) is 4.80. The summed E-state index contributed by atoms with van der Waals surface area (Å²) in [6.45, 7) is 6.56.